The average molecular weight is 395 g/mol. The van der Waals surface area contributed by atoms with Gasteiger partial charge in [0.15, 0.2) is 5.82 Å². The van der Waals surface area contributed by atoms with Crippen LogP contribution in [0.25, 0.3) is 10.9 Å². The SMILES string of the molecule is CC(C)[NH+](CCOc1ccc(C(C)(C)C)cc1)Cc1nc2ccccc2c(=O)[nH]1. The van der Waals surface area contributed by atoms with E-state index in [9.17, 15) is 4.79 Å². The number of nitrogens with zero attached hydrogens (tertiary/aromatic N) is 1. The van der Waals surface area contributed by atoms with Gasteiger partial charge in [-0.3, -0.25) is 4.79 Å². The van der Waals surface area contributed by atoms with Gasteiger partial charge in [-0.15, -0.1) is 0 Å². The lowest BCUT2D eigenvalue weighted by Crippen LogP contribution is -3.14. The summed E-state index contributed by atoms with van der Waals surface area (Å²) in [6, 6.07) is 16.2. The first kappa shape index (κ1) is 21.1. The Kier molecular flexibility index (Phi) is 6.38. The van der Waals surface area contributed by atoms with Crippen LogP contribution in [0, 0.1) is 0 Å². The molecule has 1 atom stereocenters. The second-order valence-corrected chi connectivity index (χ2v) is 8.89. The standard InChI is InChI=1S/C24H31N3O2/c1-17(2)27(14-15-29-19-12-10-18(11-13-19)24(3,4)5)16-22-25-21-9-7-6-8-20(21)23(28)26-22/h6-13,17H,14-16H2,1-5H3,(H,25,26,28)/p+1. The zero-order valence-corrected chi connectivity index (χ0v) is 18.1. The summed E-state index contributed by atoms with van der Waals surface area (Å²) in [6.45, 7) is 13.1. The lowest BCUT2D eigenvalue weighted by Gasteiger charge is -2.23. The van der Waals surface area contributed by atoms with Crippen LogP contribution in [0.3, 0.4) is 0 Å². The number of quaternary nitrogens is 1. The van der Waals surface area contributed by atoms with Crippen LogP contribution in [0.5, 0.6) is 5.75 Å². The molecule has 0 saturated heterocycles. The molecular weight excluding hydrogens is 362 g/mol. The third kappa shape index (κ3) is 5.45. The predicted molar refractivity (Wildman–Crippen MR) is 118 cm³/mol. The topological polar surface area (TPSA) is 59.4 Å². The first-order chi connectivity index (χ1) is 13.7. The number of benzene rings is 2. The molecule has 0 fully saturated rings. The molecule has 1 aromatic heterocycles. The summed E-state index contributed by atoms with van der Waals surface area (Å²) >= 11 is 0. The summed E-state index contributed by atoms with van der Waals surface area (Å²) in [6.07, 6.45) is 0. The van der Waals surface area contributed by atoms with E-state index in [1.807, 2.05) is 30.3 Å². The van der Waals surface area contributed by atoms with Crippen molar-refractivity contribution in [3.63, 3.8) is 0 Å². The molecule has 0 spiro atoms. The van der Waals surface area contributed by atoms with E-state index in [1.165, 1.54) is 10.5 Å². The van der Waals surface area contributed by atoms with Crippen molar-refractivity contribution in [3.8, 4) is 5.75 Å². The summed E-state index contributed by atoms with van der Waals surface area (Å²) in [5.41, 5.74) is 2.10. The van der Waals surface area contributed by atoms with E-state index >= 15 is 0 Å². The van der Waals surface area contributed by atoms with Crippen molar-refractivity contribution in [2.45, 2.75) is 52.6 Å². The van der Waals surface area contributed by atoms with Crippen LogP contribution in [0.2, 0.25) is 0 Å². The molecule has 3 rings (SSSR count). The molecule has 0 aliphatic heterocycles. The highest BCUT2D eigenvalue weighted by Crippen LogP contribution is 2.24. The monoisotopic (exact) mass is 394 g/mol. The number of hydrogen-bond donors (Lipinski definition) is 2. The van der Waals surface area contributed by atoms with Crippen molar-refractivity contribution in [1.82, 2.24) is 9.97 Å². The molecule has 0 saturated carbocycles. The Labute approximate surface area is 172 Å². The Balaban J connectivity index is 1.63. The summed E-state index contributed by atoms with van der Waals surface area (Å²) < 4.78 is 5.97. The lowest BCUT2D eigenvalue weighted by molar-refractivity contribution is -0.935. The molecular formula is C24H32N3O2+. The zero-order valence-electron chi connectivity index (χ0n) is 18.1. The molecule has 0 aliphatic rings. The highest BCUT2D eigenvalue weighted by Gasteiger charge is 2.17. The van der Waals surface area contributed by atoms with Crippen molar-refractivity contribution in [2.24, 2.45) is 0 Å². The van der Waals surface area contributed by atoms with Crippen molar-refractivity contribution in [2.75, 3.05) is 13.2 Å². The Hall–Kier alpha value is -2.66. The van der Waals surface area contributed by atoms with Crippen LogP contribution in [0.4, 0.5) is 0 Å². The third-order valence-electron chi connectivity index (χ3n) is 5.29. The quantitative estimate of drug-likeness (QED) is 0.647. The summed E-state index contributed by atoms with van der Waals surface area (Å²) in [7, 11) is 0. The van der Waals surface area contributed by atoms with E-state index in [4.69, 9.17) is 4.74 Å². The van der Waals surface area contributed by atoms with Gasteiger partial charge in [-0.2, -0.15) is 0 Å². The fourth-order valence-electron chi connectivity index (χ4n) is 3.37. The van der Waals surface area contributed by atoms with Crippen LogP contribution < -0.4 is 15.2 Å². The molecule has 3 aromatic rings. The van der Waals surface area contributed by atoms with Gasteiger partial charge in [-0.05, 0) is 49.1 Å². The van der Waals surface area contributed by atoms with Crippen LogP contribution >= 0.6 is 0 Å². The number of hydrogen-bond acceptors (Lipinski definition) is 3. The maximum absolute atomic E-state index is 12.3. The van der Waals surface area contributed by atoms with E-state index in [0.717, 1.165) is 17.8 Å². The fourth-order valence-corrected chi connectivity index (χ4v) is 3.37. The molecule has 0 radical (unpaired) electrons. The highest BCUT2D eigenvalue weighted by molar-refractivity contribution is 5.77. The third-order valence-corrected chi connectivity index (χ3v) is 5.29. The van der Waals surface area contributed by atoms with Gasteiger partial charge in [0.05, 0.1) is 16.9 Å². The number of rotatable bonds is 7. The van der Waals surface area contributed by atoms with E-state index in [-0.39, 0.29) is 11.0 Å². The molecule has 2 aromatic carbocycles. The maximum atomic E-state index is 12.3. The van der Waals surface area contributed by atoms with E-state index in [1.54, 1.807) is 6.07 Å². The van der Waals surface area contributed by atoms with Crippen molar-refractivity contribution in [1.29, 1.82) is 0 Å². The summed E-state index contributed by atoms with van der Waals surface area (Å²) in [5.74, 6) is 1.60. The molecule has 1 heterocycles. The second kappa shape index (κ2) is 8.78. The summed E-state index contributed by atoms with van der Waals surface area (Å²) in [4.78, 5) is 21.2. The molecule has 154 valence electrons. The largest absolute Gasteiger partial charge is 0.488 e. The minimum Gasteiger partial charge on any atom is -0.488 e. The van der Waals surface area contributed by atoms with Crippen molar-refractivity contribution >= 4 is 10.9 Å². The van der Waals surface area contributed by atoms with Gasteiger partial charge in [0.2, 0.25) is 0 Å². The number of ether oxygens (including phenoxy) is 1. The van der Waals surface area contributed by atoms with Gasteiger partial charge in [-0.1, -0.05) is 45.0 Å². The van der Waals surface area contributed by atoms with Crippen LogP contribution in [-0.4, -0.2) is 29.2 Å². The number of aromatic amines is 1. The lowest BCUT2D eigenvalue weighted by atomic mass is 9.87. The second-order valence-electron chi connectivity index (χ2n) is 8.89. The molecule has 0 amide bonds. The van der Waals surface area contributed by atoms with Crippen LogP contribution in [-0.2, 0) is 12.0 Å². The van der Waals surface area contributed by atoms with Gasteiger partial charge in [0, 0.05) is 0 Å². The Morgan fingerprint density at radius 2 is 1.76 bits per heavy atom. The number of fused-ring (bicyclic) bond motifs is 1. The first-order valence-corrected chi connectivity index (χ1v) is 10.3. The fraction of sp³-hybridized carbons (Fsp3) is 0.417. The van der Waals surface area contributed by atoms with Gasteiger partial charge in [0.1, 0.15) is 25.4 Å². The number of H-pyrrole nitrogens is 1. The van der Waals surface area contributed by atoms with Crippen molar-refractivity contribution in [3.05, 3.63) is 70.3 Å². The summed E-state index contributed by atoms with van der Waals surface area (Å²) in [5, 5.41) is 0.629. The normalized spacial score (nSPS) is 13.0. The zero-order chi connectivity index (χ0) is 21.0. The minimum atomic E-state index is -0.0797. The molecule has 5 heteroatoms. The van der Waals surface area contributed by atoms with Crippen LogP contribution in [0.15, 0.2) is 53.3 Å². The molecule has 0 bridgehead atoms. The van der Waals surface area contributed by atoms with E-state index in [2.05, 4.69) is 56.7 Å². The molecule has 5 nitrogen and oxygen atoms in total. The first-order valence-electron chi connectivity index (χ1n) is 10.3. The average Bonchev–Trinajstić information content (AvgIpc) is 2.67. The molecule has 1 unspecified atom stereocenters. The van der Waals surface area contributed by atoms with Crippen LogP contribution in [0.1, 0.15) is 46.0 Å². The molecule has 29 heavy (non-hydrogen) atoms. The van der Waals surface area contributed by atoms with Gasteiger partial charge in [0.25, 0.3) is 5.56 Å². The van der Waals surface area contributed by atoms with Gasteiger partial charge >= 0.3 is 0 Å². The Bertz CT molecular complexity index is 1000. The Morgan fingerprint density at radius 1 is 1.07 bits per heavy atom. The van der Waals surface area contributed by atoms with Gasteiger partial charge < -0.3 is 14.6 Å². The maximum Gasteiger partial charge on any atom is 0.258 e. The predicted octanol–water partition coefficient (Wildman–Crippen LogP) is 3.09. The van der Waals surface area contributed by atoms with E-state index < -0.39 is 0 Å². The molecule has 0 aliphatic carbocycles. The minimum absolute atomic E-state index is 0.0797. The smallest absolute Gasteiger partial charge is 0.258 e. The highest BCUT2D eigenvalue weighted by atomic mass is 16.5. The van der Waals surface area contributed by atoms with E-state index in [0.29, 0.717) is 30.4 Å². The number of para-hydroxylation sites is 1. The Morgan fingerprint density at radius 3 is 2.41 bits per heavy atom. The molecule has 2 N–H and O–H groups in total. The van der Waals surface area contributed by atoms with Crippen molar-refractivity contribution < 1.29 is 9.64 Å². The van der Waals surface area contributed by atoms with Gasteiger partial charge in [-0.25, -0.2) is 4.98 Å². The number of nitrogens with one attached hydrogen (secondary N) is 2. The number of aromatic nitrogens is 2.